The van der Waals surface area contributed by atoms with Crippen molar-refractivity contribution in [2.45, 2.75) is 24.2 Å². The zero-order valence-electron chi connectivity index (χ0n) is 15.3. The molecular formula is C19H12N2O9. The van der Waals surface area contributed by atoms with Gasteiger partial charge < -0.3 is 24.1 Å². The number of benzene rings is 1. The van der Waals surface area contributed by atoms with Crippen LogP contribution >= 0.6 is 0 Å². The summed E-state index contributed by atoms with van der Waals surface area (Å²) in [4.78, 5) is 58.9. The summed E-state index contributed by atoms with van der Waals surface area (Å²) >= 11 is 0. The first-order valence-electron chi connectivity index (χ1n) is 8.76. The van der Waals surface area contributed by atoms with Gasteiger partial charge in [-0.3, -0.25) is 9.59 Å². The van der Waals surface area contributed by atoms with Crippen molar-refractivity contribution in [3.63, 3.8) is 0 Å². The van der Waals surface area contributed by atoms with Crippen LogP contribution in [0.1, 0.15) is 18.4 Å². The van der Waals surface area contributed by atoms with E-state index in [0.29, 0.717) is 11.3 Å². The normalized spacial score (nSPS) is 29.1. The lowest BCUT2D eigenvalue weighted by molar-refractivity contribution is -0.178. The van der Waals surface area contributed by atoms with Crippen molar-refractivity contribution >= 4 is 46.7 Å². The third-order valence-electron chi connectivity index (χ3n) is 5.03. The molecule has 2 unspecified atom stereocenters. The molecule has 0 spiro atoms. The highest BCUT2D eigenvalue weighted by Crippen LogP contribution is 2.46. The van der Waals surface area contributed by atoms with E-state index in [0.717, 1.165) is 7.11 Å². The SMILES string of the molecule is COC(=O)C12N=C3OC(=O)C(O)(CC(=O)OC3=C3C1=Nc1ccccc13)CC(=O)O2. The van der Waals surface area contributed by atoms with Gasteiger partial charge in [0.05, 0.1) is 31.2 Å². The van der Waals surface area contributed by atoms with Crippen LogP contribution in [0, 0.1) is 0 Å². The summed E-state index contributed by atoms with van der Waals surface area (Å²) in [7, 11) is 1.05. The van der Waals surface area contributed by atoms with Gasteiger partial charge in [-0.25, -0.2) is 14.6 Å². The van der Waals surface area contributed by atoms with Gasteiger partial charge in [-0.05, 0) is 6.07 Å². The van der Waals surface area contributed by atoms with E-state index >= 15 is 0 Å². The number of aliphatic imine (C=N–C) groups is 2. The van der Waals surface area contributed by atoms with Crippen LogP contribution in [0.3, 0.4) is 0 Å². The Kier molecular flexibility index (Phi) is 3.53. The van der Waals surface area contributed by atoms with Crippen molar-refractivity contribution in [3.05, 3.63) is 35.6 Å². The molecule has 4 aliphatic heterocycles. The van der Waals surface area contributed by atoms with Crippen LogP contribution < -0.4 is 0 Å². The number of dihydropyridines is 1. The summed E-state index contributed by atoms with van der Waals surface area (Å²) in [5.41, 5.74) is -4.29. The summed E-state index contributed by atoms with van der Waals surface area (Å²) < 4.78 is 20.7. The minimum Gasteiger partial charge on any atom is -0.464 e. The summed E-state index contributed by atoms with van der Waals surface area (Å²) in [6.07, 6.45) is -1.85. The van der Waals surface area contributed by atoms with Crippen LogP contribution in [0.25, 0.3) is 5.57 Å². The number of methoxy groups -OCH3 is 1. The van der Waals surface area contributed by atoms with E-state index < -0.39 is 53.9 Å². The molecule has 3 bridgehead atoms. The molecule has 0 aliphatic carbocycles. The van der Waals surface area contributed by atoms with Crippen LogP contribution in [-0.2, 0) is 38.1 Å². The van der Waals surface area contributed by atoms with Gasteiger partial charge in [0.2, 0.25) is 5.76 Å². The second-order valence-electron chi connectivity index (χ2n) is 6.96. The van der Waals surface area contributed by atoms with Gasteiger partial charge in [0.15, 0.2) is 5.60 Å². The first kappa shape index (κ1) is 18.2. The molecule has 1 aromatic carbocycles. The summed E-state index contributed by atoms with van der Waals surface area (Å²) in [6.45, 7) is 0. The smallest absolute Gasteiger partial charge is 0.381 e. The van der Waals surface area contributed by atoms with Gasteiger partial charge in [0.25, 0.3) is 5.90 Å². The lowest BCUT2D eigenvalue weighted by Gasteiger charge is -2.31. The van der Waals surface area contributed by atoms with E-state index in [1.807, 2.05) is 0 Å². The first-order valence-corrected chi connectivity index (χ1v) is 8.76. The maximum Gasteiger partial charge on any atom is 0.381 e. The number of nitrogens with zero attached hydrogens (tertiary/aromatic N) is 2. The Morgan fingerprint density at radius 1 is 1.13 bits per heavy atom. The van der Waals surface area contributed by atoms with Crippen molar-refractivity contribution in [1.82, 2.24) is 0 Å². The maximum atomic E-state index is 12.8. The van der Waals surface area contributed by atoms with E-state index in [1.165, 1.54) is 0 Å². The summed E-state index contributed by atoms with van der Waals surface area (Å²) in [6, 6.07) is 6.62. The monoisotopic (exact) mass is 412 g/mol. The number of carbonyl (C=O) groups excluding carboxylic acids is 4. The molecule has 4 aliphatic rings. The third-order valence-corrected chi connectivity index (χ3v) is 5.03. The average molecular weight is 412 g/mol. The summed E-state index contributed by atoms with van der Waals surface area (Å²) in [5.74, 6) is -5.52. The van der Waals surface area contributed by atoms with Crippen LogP contribution in [0.4, 0.5) is 5.69 Å². The fourth-order valence-electron chi connectivity index (χ4n) is 3.69. The number of para-hydroxylation sites is 1. The number of hydrogen-bond acceptors (Lipinski definition) is 11. The van der Waals surface area contributed by atoms with Gasteiger partial charge in [-0.1, -0.05) is 18.2 Å². The molecule has 0 aromatic heterocycles. The molecule has 5 rings (SSSR count). The second kappa shape index (κ2) is 5.83. The Balaban J connectivity index is 1.87. The Morgan fingerprint density at radius 3 is 2.63 bits per heavy atom. The van der Waals surface area contributed by atoms with Gasteiger partial charge in [-0.2, -0.15) is 4.99 Å². The van der Waals surface area contributed by atoms with Gasteiger partial charge in [0.1, 0.15) is 5.71 Å². The topological polar surface area (TPSA) is 150 Å². The molecule has 1 saturated heterocycles. The molecular weight excluding hydrogens is 400 g/mol. The highest BCUT2D eigenvalue weighted by Gasteiger charge is 2.60. The Labute approximate surface area is 167 Å². The molecule has 0 amide bonds. The zero-order valence-corrected chi connectivity index (χ0v) is 15.3. The quantitative estimate of drug-likeness (QED) is 0.494. The number of rotatable bonds is 1. The lowest BCUT2D eigenvalue weighted by atomic mass is 9.92. The number of carbonyl (C=O) groups is 4. The van der Waals surface area contributed by atoms with Crippen molar-refractivity contribution in [2.24, 2.45) is 9.98 Å². The Bertz CT molecular complexity index is 1160. The number of fused-ring (bicyclic) bond motifs is 7. The van der Waals surface area contributed by atoms with Crippen LogP contribution in [0.15, 0.2) is 40.0 Å². The average Bonchev–Trinajstić information content (AvgIpc) is 3.09. The minimum absolute atomic E-state index is 0.0855. The Hall–Kier alpha value is -3.86. The molecule has 1 fully saturated rings. The molecule has 11 heteroatoms. The first-order chi connectivity index (χ1) is 14.3. The van der Waals surface area contributed by atoms with Crippen LogP contribution in [0.5, 0.6) is 0 Å². The van der Waals surface area contributed by atoms with Gasteiger partial charge >= 0.3 is 29.6 Å². The zero-order chi connectivity index (χ0) is 21.3. The van der Waals surface area contributed by atoms with Crippen LogP contribution in [-0.4, -0.2) is 59.0 Å². The molecule has 1 N–H and O–H groups in total. The van der Waals surface area contributed by atoms with Crippen molar-refractivity contribution in [1.29, 1.82) is 0 Å². The van der Waals surface area contributed by atoms with Crippen LogP contribution in [0.2, 0.25) is 0 Å². The standard InChI is InChI=1S/C19H12N2O9/c1-27-17(25)19-14-12(8-4-2-3-5-9(8)20-14)13-15(21-19)29-16(24)18(26,6-10(22)28-13)7-11(23)30-19/h2-5,26H,6-7H2,1H3. The number of esters is 4. The van der Waals surface area contributed by atoms with Crippen molar-refractivity contribution in [2.75, 3.05) is 7.11 Å². The predicted octanol–water partition coefficient (Wildman–Crippen LogP) is -0.0667. The van der Waals surface area contributed by atoms with Crippen molar-refractivity contribution in [3.8, 4) is 0 Å². The molecule has 152 valence electrons. The molecule has 1 aromatic rings. The van der Waals surface area contributed by atoms with E-state index in [9.17, 15) is 24.3 Å². The summed E-state index contributed by atoms with van der Waals surface area (Å²) in [5, 5.41) is 10.6. The fourth-order valence-corrected chi connectivity index (χ4v) is 3.69. The number of aliphatic hydroxyl groups is 1. The molecule has 0 radical (unpaired) electrons. The van der Waals surface area contributed by atoms with E-state index in [-0.39, 0.29) is 17.0 Å². The number of hydrogen-bond donors (Lipinski definition) is 1. The fraction of sp³-hybridized carbons (Fsp3) is 0.263. The molecule has 30 heavy (non-hydrogen) atoms. The minimum atomic E-state index is -2.56. The molecule has 2 atom stereocenters. The maximum absolute atomic E-state index is 12.8. The van der Waals surface area contributed by atoms with Crippen molar-refractivity contribution < 1.29 is 43.2 Å². The number of ether oxygens (including phenoxy) is 4. The largest absolute Gasteiger partial charge is 0.464 e. The molecule has 0 saturated carbocycles. The predicted molar refractivity (Wildman–Crippen MR) is 95.1 cm³/mol. The lowest BCUT2D eigenvalue weighted by Crippen LogP contribution is -2.52. The molecule has 4 heterocycles. The second-order valence-corrected chi connectivity index (χ2v) is 6.96. The Morgan fingerprint density at radius 2 is 1.87 bits per heavy atom. The highest BCUT2D eigenvalue weighted by molar-refractivity contribution is 6.42. The van der Waals surface area contributed by atoms with Gasteiger partial charge in [-0.15, -0.1) is 0 Å². The van der Waals surface area contributed by atoms with E-state index in [4.69, 9.17) is 18.9 Å². The molecule has 11 nitrogen and oxygen atoms in total. The highest BCUT2D eigenvalue weighted by atomic mass is 16.6. The van der Waals surface area contributed by atoms with Gasteiger partial charge in [0, 0.05) is 5.56 Å². The van der Waals surface area contributed by atoms with E-state index in [1.54, 1.807) is 24.3 Å². The third kappa shape index (κ3) is 2.29. The van der Waals surface area contributed by atoms with E-state index in [2.05, 4.69) is 9.98 Å².